The molecule has 0 fully saturated rings. The van der Waals surface area contributed by atoms with Crippen LogP contribution in [-0.4, -0.2) is 45.0 Å². The topological polar surface area (TPSA) is 89.5 Å². The molecule has 1 aromatic rings. The number of hydrogen-bond acceptors (Lipinski definition) is 5. The molecule has 0 heterocycles. The van der Waals surface area contributed by atoms with Crippen LogP contribution in [0.25, 0.3) is 0 Å². The lowest BCUT2D eigenvalue weighted by molar-refractivity contribution is -0.139. The van der Waals surface area contributed by atoms with Gasteiger partial charge in [-0.05, 0) is 18.2 Å². The number of amides is 1. The lowest BCUT2D eigenvalue weighted by Gasteiger charge is -2.09. The van der Waals surface area contributed by atoms with Crippen LogP contribution in [0.2, 0.25) is 0 Å². The summed E-state index contributed by atoms with van der Waals surface area (Å²) in [5.41, 5.74) is 0.206. The molecule has 0 saturated heterocycles. The number of hydrogen-bond donors (Lipinski definition) is 1. The highest BCUT2D eigenvalue weighted by atomic mass is 79.9. The lowest BCUT2D eigenvalue weighted by atomic mass is 10.2. The Bertz CT molecular complexity index is 614. The van der Waals surface area contributed by atoms with Gasteiger partial charge in [0.1, 0.15) is 4.83 Å². The van der Waals surface area contributed by atoms with E-state index in [1.54, 1.807) is 0 Å². The van der Waals surface area contributed by atoms with Gasteiger partial charge in [-0.25, -0.2) is 8.42 Å². The highest BCUT2D eigenvalue weighted by molar-refractivity contribution is 9.10. The first kappa shape index (κ1) is 16.6. The first-order chi connectivity index (χ1) is 9.25. The quantitative estimate of drug-likeness (QED) is 0.615. The number of halogens is 1. The molecule has 1 unspecified atom stereocenters. The van der Waals surface area contributed by atoms with Crippen LogP contribution in [-0.2, 0) is 19.4 Å². The minimum absolute atomic E-state index is 0.0363. The summed E-state index contributed by atoms with van der Waals surface area (Å²) < 4.78 is 27.3. The van der Waals surface area contributed by atoms with Gasteiger partial charge in [0.2, 0.25) is 0 Å². The van der Waals surface area contributed by atoms with E-state index in [-0.39, 0.29) is 17.0 Å². The zero-order valence-corrected chi connectivity index (χ0v) is 13.3. The molecular formula is C12H14BrNO5S. The van der Waals surface area contributed by atoms with E-state index in [0.717, 1.165) is 6.26 Å². The van der Waals surface area contributed by atoms with Crippen molar-refractivity contribution in [2.75, 3.05) is 19.9 Å². The van der Waals surface area contributed by atoms with Gasteiger partial charge in [-0.3, -0.25) is 9.59 Å². The molecule has 0 aliphatic carbocycles. The van der Waals surface area contributed by atoms with Crippen molar-refractivity contribution in [1.82, 2.24) is 5.32 Å². The maximum absolute atomic E-state index is 11.9. The summed E-state index contributed by atoms with van der Waals surface area (Å²) in [6, 6.07) is 5.67. The van der Waals surface area contributed by atoms with Crippen molar-refractivity contribution in [3.8, 4) is 0 Å². The highest BCUT2D eigenvalue weighted by Gasteiger charge is 2.17. The normalized spacial score (nSPS) is 12.6. The second kappa shape index (κ2) is 6.85. The Labute approximate surface area is 125 Å². The van der Waals surface area contributed by atoms with Gasteiger partial charge in [0.25, 0.3) is 5.91 Å². The first-order valence-electron chi connectivity index (χ1n) is 5.56. The Morgan fingerprint density at radius 1 is 1.40 bits per heavy atom. The summed E-state index contributed by atoms with van der Waals surface area (Å²) in [5, 5.41) is 2.51. The Balaban J connectivity index is 2.76. The molecule has 110 valence electrons. The fourth-order valence-corrected chi connectivity index (χ4v) is 2.38. The SMILES string of the molecule is COC(=O)C(Br)CNC(=O)c1cccc(S(C)(=O)=O)c1. The molecule has 1 atom stereocenters. The van der Waals surface area contributed by atoms with Gasteiger partial charge in [-0.15, -0.1) is 0 Å². The van der Waals surface area contributed by atoms with Crippen LogP contribution in [0, 0.1) is 0 Å². The van der Waals surface area contributed by atoms with Gasteiger partial charge in [0, 0.05) is 18.4 Å². The predicted molar refractivity (Wildman–Crippen MR) is 76.6 cm³/mol. The molecule has 1 N–H and O–H groups in total. The molecule has 1 rings (SSSR count). The van der Waals surface area contributed by atoms with Crippen LogP contribution in [0.4, 0.5) is 0 Å². The van der Waals surface area contributed by atoms with Gasteiger partial charge < -0.3 is 10.1 Å². The molecule has 0 spiro atoms. The third-order valence-electron chi connectivity index (χ3n) is 2.42. The van der Waals surface area contributed by atoms with Crippen LogP contribution < -0.4 is 5.32 Å². The standard InChI is InChI=1S/C12H14BrNO5S/c1-19-12(16)10(13)7-14-11(15)8-4-3-5-9(6-8)20(2,17)18/h3-6,10H,7H2,1-2H3,(H,14,15). The number of rotatable bonds is 5. The number of benzene rings is 1. The third kappa shape index (κ3) is 4.61. The maximum Gasteiger partial charge on any atom is 0.321 e. The first-order valence-corrected chi connectivity index (χ1v) is 8.36. The van der Waals surface area contributed by atoms with E-state index in [1.807, 2.05) is 0 Å². The van der Waals surface area contributed by atoms with Crippen molar-refractivity contribution in [3.63, 3.8) is 0 Å². The van der Waals surface area contributed by atoms with Crippen LogP contribution in [0.15, 0.2) is 29.2 Å². The van der Waals surface area contributed by atoms with Crippen molar-refractivity contribution >= 4 is 37.6 Å². The van der Waals surface area contributed by atoms with Crippen LogP contribution in [0.3, 0.4) is 0 Å². The number of alkyl halides is 1. The molecule has 0 saturated carbocycles. The Morgan fingerprint density at radius 3 is 2.60 bits per heavy atom. The predicted octanol–water partition coefficient (Wildman–Crippen LogP) is 0.756. The average Bonchev–Trinajstić information content (AvgIpc) is 2.42. The molecule has 0 radical (unpaired) electrons. The zero-order valence-electron chi connectivity index (χ0n) is 10.9. The zero-order chi connectivity index (χ0) is 15.3. The smallest absolute Gasteiger partial charge is 0.321 e. The maximum atomic E-state index is 11.9. The number of carbonyl (C=O) groups excluding carboxylic acids is 2. The number of methoxy groups -OCH3 is 1. The lowest BCUT2D eigenvalue weighted by Crippen LogP contribution is -2.33. The Hall–Kier alpha value is -1.41. The van der Waals surface area contributed by atoms with E-state index < -0.39 is 26.5 Å². The molecule has 1 aromatic carbocycles. The van der Waals surface area contributed by atoms with Crippen molar-refractivity contribution in [1.29, 1.82) is 0 Å². The number of carbonyl (C=O) groups is 2. The minimum atomic E-state index is -3.37. The van der Waals surface area contributed by atoms with E-state index in [0.29, 0.717) is 0 Å². The van der Waals surface area contributed by atoms with E-state index >= 15 is 0 Å². The number of nitrogens with one attached hydrogen (secondary N) is 1. The summed E-state index contributed by atoms with van der Waals surface area (Å²) in [6.07, 6.45) is 1.07. The average molecular weight is 364 g/mol. The molecule has 8 heteroatoms. The fraction of sp³-hybridized carbons (Fsp3) is 0.333. The number of esters is 1. The monoisotopic (exact) mass is 363 g/mol. The third-order valence-corrected chi connectivity index (χ3v) is 4.23. The van der Waals surface area contributed by atoms with Crippen LogP contribution in [0.1, 0.15) is 10.4 Å². The fourth-order valence-electron chi connectivity index (χ4n) is 1.36. The molecule has 0 aliphatic heterocycles. The van der Waals surface area contributed by atoms with E-state index in [2.05, 4.69) is 26.0 Å². The largest absolute Gasteiger partial charge is 0.468 e. The molecule has 0 aromatic heterocycles. The van der Waals surface area contributed by atoms with Crippen molar-refractivity contribution in [2.45, 2.75) is 9.72 Å². The molecule has 0 bridgehead atoms. The van der Waals surface area contributed by atoms with E-state index in [1.165, 1.54) is 31.4 Å². The molecular weight excluding hydrogens is 350 g/mol. The number of ether oxygens (including phenoxy) is 1. The van der Waals surface area contributed by atoms with Crippen LogP contribution in [0.5, 0.6) is 0 Å². The molecule has 0 aliphatic rings. The summed E-state index contributed by atoms with van der Waals surface area (Å²) in [5.74, 6) is -0.973. The number of sulfone groups is 1. The Kier molecular flexibility index (Phi) is 5.70. The van der Waals surface area contributed by atoms with Gasteiger partial charge in [0.05, 0.1) is 12.0 Å². The van der Waals surface area contributed by atoms with Gasteiger partial charge in [-0.2, -0.15) is 0 Å². The molecule has 1 amide bonds. The van der Waals surface area contributed by atoms with Gasteiger partial charge in [0.15, 0.2) is 9.84 Å². The van der Waals surface area contributed by atoms with Crippen molar-refractivity contribution in [2.24, 2.45) is 0 Å². The van der Waals surface area contributed by atoms with Crippen molar-refractivity contribution in [3.05, 3.63) is 29.8 Å². The van der Waals surface area contributed by atoms with E-state index in [9.17, 15) is 18.0 Å². The second-order valence-corrected chi connectivity index (χ2v) is 7.12. The molecule has 20 heavy (non-hydrogen) atoms. The summed E-state index contributed by atoms with van der Waals surface area (Å²) >= 11 is 3.07. The van der Waals surface area contributed by atoms with Crippen molar-refractivity contribution < 1.29 is 22.7 Å². The van der Waals surface area contributed by atoms with Crippen LogP contribution >= 0.6 is 15.9 Å². The van der Waals surface area contributed by atoms with Gasteiger partial charge in [-0.1, -0.05) is 22.0 Å². The summed E-state index contributed by atoms with van der Waals surface area (Å²) in [4.78, 5) is 22.4. The second-order valence-electron chi connectivity index (χ2n) is 4.00. The van der Waals surface area contributed by atoms with E-state index in [4.69, 9.17) is 0 Å². The summed E-state index contributed by atoms with van der Waals surface area (Å²) in [7, 11) is -2.13. The highest BCUT2D eigenvalue weighted by Crippen LogP contribution is 2.11. The molecule has 6 nitrogen and oxygen atoms in total. The Morgan fingerprint density at radius 2 is 2.05 bits per heavy atom. The van der Waals surface area contributed by atoms with Gasteiger partial charge >= 0.3 is 5.97 Å². The summed E-state index contributed by atoms with van der Waals surface area (Å²) in [6.45, 7) is 0.0363. The minimum Gasteiger partial charge on any atom is -0.468 e.